The third kappa shape index (κ3) is 4.29. The van der Waals surface area contributed by atoms with Gasteiger partial charge in [0, 0.05) is 19.2 Å². The third-order valence-corrected chi connectivity index (χ3v) is 5.53. The molecule has 30 heavy (non-hydrogen) atoms. The molecule has 2 aromatic carbocycles. The van der Waals surface area contributed by atoms with E-state index in [4.69, 9.17) is 4.74 Å². The van der Waals surface area contributed by atoms with Gasteiger partial charge >= 0.3 is 5.97 Å². The van der Waals surface area contributed by atoms with Crippen LogP contribution < -0.4 is 4.90 Å². The summed E-state index contributed by atoms with van der Waals surface area (Å²) in [6.07, 6.45) is 1.41. The minimum atomic E-state index is -1.14. The topological polar surface area (TPSA) is 122 Å². The Morgan fingerprint density at radius 2 is 2.03 bits per heavy atom. The summed E-state index contributed by atoms with van der Waals surface area (Å²) in [5.74, 6) is -1.14. The number of nitrogens with zero attached hydrogens (tertiary/aromatic N) is 3. The maximum absolute atomic E-state index is 11.8. The van der Waals surface area contributed by atoms with Crippen molar-refractivity contribution >= 4 is 46.2 Å². The quantitative estimate of drug-likeness (QED) is 0.266. The van der Waals surface area contributed by atoms with Gasteiger partial charge in [-0.15, -0.1) is 0 Å². The third-order valence-electron chi connectivity index (χ3n) is 4.63. The maximum atomic E-state index is 11.8. The van der Waals surface area contributed by atoms with Crippen molar-refractivity contribution in [3.63, 3.8) is 0 Å². The lowest BCUT2D eigenvalue weighted by atomic mass is 10.1. The average Bonchev–Trinajstić information content (AvgIpc) is 3.16. The predicted octanol–water partition coefficient (Wildman–Crippen LogP) is 3.53. The van der Waals surface area contributed by atoms with Crippen molar-refractivity contribution in [3.8, 4) is 0 Å². The zero-order valence-electron chi connectivity index (χ0n) is 15.8. The second-order valence-corrected chi connectivity index (χ2v) is 7.61. The number of fused-ring (bicyclic) bond motifs is 1. The number of aromatic amines is 1. The molecule has 2 heterocycles. The lowest BCUT2D eigenvalue weighted by Gasteiger charge is -2.28. The van der Waals surface area contributed by atoms with Gasteiger partial charge in [0.05, 0.1) is 29.2 Å². The number of rotatable bonds is 6. The number of imidazole rings is 1. The van der Waals surface area contributed by atoms with Crippen LogP contribution in [0.4, 0.5) is 11.4 Å². The molecule has 1 saturated heterocycles. The first kappa shape index (κ1) is 19.9. The Morgan fingerprint density at radius 3 is 2.73 bits per heavy atom. The highest BCUT2D eigenvalue weighted by atomic mass is 32.2. The van der Waals surface area contributed by atoms with E-state index in [0.717, 1.165) is 22.8 Å². The van der Waals surface area contributed by atoms with Gasteiger partial charge in [0.1, 0.15) is 10.6 Å². The summed E-state index contributed by atoms with van der Waals surface area (Å²) in [5, 5.41) is 21.7. The SMILES string of the molecule is O=C(O)/C(=C\c1ccc(N2CCOCC2)c([N+](=O)[O-])c1)Sc1nc2ccccc2[nH]1. The van der Waals surface area contributed by atoms with Crippen molar-refractivity contribution in [3.05, 3.63) is 63.0 Å². The van der Waals surface area contributed by atoms with Crippen LogP contribution >= 0.6 is 11.8 Å². The molecule has 9 nitrogen and oxygen atoms in total. The minimum absolute atomic E-state index is 0.00229. The van der Waals surface area contributed by atoms with Gasteiger partial charge in [-0.25, -0.2) is 9.78 Å². The molecule has 3 aromatic rings. The molecule has 0 amide bonds. The average molecular weight is 426 g/mol. The highest BCUT2D eigenvalue weighted by Crippen LogP contribution is 2.33. The molecule has 0 bridgehead atoms. The highest BCUT2D eigenvalue weighted by molar-refractivity contribution is 8.04. The molecular weight excluding hydrogens is 408 g/mol. The number of hydrogen-bond donors (Lipinski definition) is 2. The van der Waals surface area contributed by atoms with Crippen LogP contribution in [0.3, 0.4) is 0 Å². The summed E-state index contributed by atoms with van der Waals surface area (Å²) >= 11 is 0.962. The van der Waals surface area contributed by atoms with Gasteiger partial charge < -0.3 is 19.7 Å². The summed E-state index contributed by atoms with van der Waals surface area (Å²) in [7, 11) is 0. The van der Waals surface area contributed by atoms with Crippen LogP contribution in [0.1, 0.15) is 5.56 Å². The smallest absolute Gasteiger partial charge is 0.342 e. The van der Waals surface area contributed by atoms with E-state index in [0.29, 0.717) is 42.7 Å². The van der Waals surface area contributed by atoms with Gasteiger partial charge in [-0.3, -0.25) is 10.1 Å². The number of nitrogens with one attached hydrogen (secondary N) is 1. The number of aliphatic carboxylic acids is 1. The first-order chi connectivity index (χ1) is 14.5. The van der Waals surface area contributed by atoms with Crippen molar-refractivity contribution in [2.24, 2.45) is 0 Å². The van der Waals surface area contributed by atoms with E-state index in [-0.39, 0.29) is 10.6 Å². The first-order valence-electron chi connectivity index (χ1n) is 9.20. The number of carboxylic acid groups (broad SMARTS) is 1. The van der Waals surface area contributed by atoms with Crippen LogP contribution in [-0.2, 0) is 9.53 Å². The van der Waals surface area contributed by atoms with E-state index in [2.05, 4.69) is 9.97 Å². The summed E-state index contributed by atoms with van der Waals surface area (Å²) in [6.45, 7) is 2.16. The molecule has 2 N–H and O–H groups in total. The number of nitro groups is 1. The number of benzene rings is 2. The monoisotopic (exact) mass is 426 g/mol. The molecular formula is C20H18N4O5S. The number of hydrogen-bond acceptors (Lipinski definition) is 7. The number of anilines is 1. The molecule has 10 heteroatoms. The number of morpholine rings is 1. The molecule has 1 aliphatic rings. The van der Waals surface area contributed by atoms with Crippen LogP contribution in [0, 0.1) is 10.1 Å². The van der Waals surface area contributed by atoms with E-state index < -0.39 is 10.9 Å². The lowest BCUT2D eigenvalue weighted by molar-refractivity contribution is -0.384. The molecule has 4 rings (SSSR count). The number of nitro benzene ring substituents is 1. The van der Waals surface area contributed by atoms with Gasteiger partial charge in [0.15, 0.2) is 5.16 Å². The Hall–Kier alpha value is -3.37. The Morgan fingerprint density at radius 1 is 1.27 bits per heavy atom. The van der Waals surface area contributed by atoms with Crippen LogP contribution in [-0.4, -0.2) is 52.3 Å². The summed E-state index contributed by atoms with van der Waals surface area (Å²) < 4.78 is 5.30. The molecule has 0 atom stereocenters. The highest BCUT2D eigenvalue weighted by Gasteiger charge is 2.22. The molecule has 0 spiro atoms. The van der Waals surface area contributed by atoms with Crippen molar-refractivity contribution in [1.82, 2.24) is 9.97 Å². The lowest BCUT2D eigenvalue weighted by Crippen LogP contribution is -2.36. The van der Waals surface area contributed by atoms with Crippen molar-refractivity contribution in [1.29, 1.82) is 0 Å². The van der Waals surface area contributed by atoms with Crippen LogP contribution in [0.25, 0.3) is 17.1 Å². The van der Waals surface area contributed by atoms with E-state index in [1.165, 1.54) is 12.1 Å². The number of aromatic nitrogens is 2. The Bertz CT molecular complexity index is 1100. The molecule has 1 aromatic heterocycles. The number of carbonyl (C=O) groups is 1. The Labute approximate surface area is 175 Å². The fourth-order valence-electron chi connectivity index (χ4n) is 3.22. The molecule has 0 unspecified atom stereocenters. The second kappa shape index (κ2) is 8.56. The molecule has 1 aliphatic heterocycles. The number of para-hydroxylation sites is 2. The van der Waals surface area contributed by atoms with Gasteiger partial charge in [-0.1, -0.05) is 18.2 Å². The predicted molar refractivity (Wildman–Crippen MR) is 114 cm³/mol. The first-order valence-corrected chi connectivity index (χ1v) is 10.0. The van der Waals surface area contributed by atoms with E-state index >= 15 is 0 Å². The van der Waals surface area contributed by atoms with Crippen LogP contribution in [0.15, 0.2) is 52.5 Å². The standard InChI is InChI=1S/C20H18N4O5S/c25-19(26)18(30-20-21-14-3-1-2-4-15(14)22-20)12-13-5-6-16(17(11-13)24(27)28)23-7-9-29-10-8-23/h1-6,11-12H,7-10H2,(H,21,22)(H,25,26)/b18-12+. The summed E-state index contributed by atoms with van der Waals surface area (Å²) in [4.78, 5) is 32.3. The number of thioether (sulfide) groups is 1. The van der Waals surface area contributed by atoms with Gasteiger partial charge in [-0.2, -0.15) is 0 Å². The fraction of sp³-hybridized carbons (Fsp3) is 0.200. The van der Waals surface area contributed by atoms with Crippen LogP contribution in [0.5, 0.6) is 0 Å². The largest absolute Gasteiger partial charge is 0.477 e. The number of H-pyrrole nitrogens is 1. The molecule has 1 fully saturated rings. The van der Waals surface area contributed by atoms with Crippen molar-refractivity contribution in [2.45, 2.75) is 5.16 Å². The van der Waals surface area contributed by atoms with Gasteiger partial charge in [0.25, 0.3) is 5.69 Å². The van der Waals surface area contributed by atoms with Crippen molar-refractivity contribution in [2.75, 3.05) is 31.2 Å². The Kier molecular flexibility index (Phi) is 5.68. The number of ether oxygens (including phenoxy) is 1. The van der Waals surface area contributed by atoms with E-state index in [1.54, 1.807) is 12.1 Å². The zero-order valence-corrected chi connectivity index (χ0v) is 16.6. The second-order valence-electron chi connectivity index (χ2n) is 6.58. The normalized spacial score (nSPS) is 14.8. The maximum Gasteiger partial charge on any atom is 0.342 e. The van der Waals surface area contributed by atoms with Gasteiger partial charge in [0.2, 0.25) is 0 Å². The molecule has 0 aliphatic carbocycles. The van der Waals surface area contributed by atoms with Crippen molar-refractivity contribution < 1.29 is 19.6 Å². The summed E-state index contributed by atoms with van der Waals surface area (Å²) in [5.41, 5.74) is 2.40. The van der Waals surface area contributed by atoms with Crippen LogP contribution in [0.2, 0.25) is 0 Å². The molecule has 0 radical (unpaired) electrons. The fourth-order valence-corrected chi connectivity index (χ4v) is 4.01. The molecule has 154 valence electrons. The zero-order chi connectivity index (χ0) is 21.1. The Balaban J connectivity index is 1.65. The summed E-state index contributed by atoms with van der Waals surface area (Å²) in [6, 6.07) is 12.1. The minimum Gasteiger partial charge on any atom is -0.477 e. The molecule has 0 saturated carbocycles. The van der Waals surface area contributed by atoms with Gasteiger partial charge in [-0.05, 0) is 41.6 Å². The number of carboxylic acids is 1. The van der Waals surface area contributed by atoms with E-state index in [1.807, 2.05) is 29.2 Å². The van der Waals surface area contributed by atoms with E-state index in [9.17, 15) is 20.0 Å².